The second-order valence-corrected chi connectivity index (χ2v) is 10.6. The van der Waals surface area contributed by atoms with Crippen molar-refractivity contribution in [3.63, 3.8) is 0 Å². The number of anilines is 1. The van der Waals surface area contributed by atoms with E-state index in [1.807, 2.05) is 67.6 Å². The Kier molecular flexibility index (Phi) is 8.80. The number of hydrogen-bond acceptors (Lipinski definition) is 7. The fourth-order valence-corrected chi connectivity index (χ4v) is 5.16. The average molecular weight is 568 g/mol. The Morgan fingerprint density at radius 1 is 1.00 bits per heavy atom. The number of nitrogens with one attached hydrogen (secondary N) is 3. The maximum absolute atomic E-state index is 13.1. The predicted molar refractivity (Wildman–Crippen MR) is 159 cm³/mol. The number of hydrogen-bond donors (Lipinski definition) is 3. The number of rotatable bonds is 11. The monoisotopic (exact) mass is 567 g/mol. The van der Waals surface area contributed by atoms with E-state index >= 15 is 0 Å². The number of pyridine rings is 1. The molecule has 3 N–H and O–H groups in total. The molecule has 10 heteroatoms. The normalized spacial score (nSPS) is 11.6. The minimum absolute atomic E-state index is 0.163. The van der Waals surface area contributed by atoms with E-state index in [0.717, 1.165) is 33.5 Å². The van der Waals surface area contributed by atoms with E-state index in [4.69, 9.17) is 4.74 Å². The standard InChI is InChI=1S/C31H29N5O4S/c1-20-17-22(26-9-5-6-10-27(26)32-20)19-40-25-14-11-21(12-15-25)30(38)34-24(18-29-35-36-31(39)41-29)13-16-28(37)33-23-7-3-2-4-8-23/h2-12,14-15,17,24H,13,16,18-19H2,1H3,(H,33,37)(H,34,38)(H,36,39). The maximum atomic E-state index is 13.1. The van der Waals surface area contributed by atoms with Gasteiger partial charge in [0.15, 0.2) is 0 Å². The Morgan fingerprint density at radius 3 is 2.51 bits per heavy atom. The molecule has 41 heavy (non-hydrogen) atoms. The molecular weight excluding hydrogens is 538 g/mol. The van der Waals surface area contributed by atoms with Crippen LogP contribution in [0.15, 0.2) is 89.7 Å². The molecule has 9 nitrogen and oxygen atoms in total. The van der Waals surface area contributed by atoms with E-state index in [-0.39, 0.29) is 23.1 Å². The number of fused-ring (bicyclic) bond motifs is 1. The molecule has 2 aromatic heterocycles. The molecule has 0 spiro atoms. The minimum Gasteiger partial charge on any atom is -0.489 e. The zero-order valence-corrected chi connectivity index (χ0v) is 23.2. The summed E-state index contributed by atoms with van der Waals surface area (Å²) in [5, 5.41) is 13.9. The number of aryl methyl sites for hydroxylation is 1. The molecule has 0 saturated carbocycles. The zero-order valence-electron chi connectivity index (χ0n) is 22.4. The van der Waals surface area contributed by atoms with Crippen LogP contribution >= 0.6 is 11.3 Å². The van der Waals surface area contributed by atoms with E-state index < -0.39 is 6.04 Å². The lowest BCUT2D eigenvalue weighted by atomic mass is 10.1. The summed E-state index contributed by atoms with van der Waals surface area (Å²) in [6.07, 6.45) is 0.891. The average Bonchev–Trinajstić information content (AvgIpc) is 3.39. The van der Waals surface area contributed by atoms with Gasteiger partial charge in [0.1, 0.15) is 17.4 Å². The van der Waals surface area contributed by atoms with Crippen molar-refractivity contribution in [1.29, 1.82) is 0 Å². The smallest absolute Gasteiger partial charge is 0.322 e. The van der Waals surface area contributed by atoms with Crippen LogP contribution in [0, 0.1) is 6.92 Å². The van der Waals surface area contributed by atoms with E-state index in [2.05, 4.69) is 25.8 Å². The van der Waals surface area contributed by atoms with Crippen molar-refractivity contribution in [2.45, 2.75) is 38.8 Å². The molecule has 0 aliphatic rings. The van der Waals surface area contributed by atoms with Crippen LogP contribution in [-0.2, 0) is 17.8 Å². The molecule has 1 atom stereocenters. The van der Waals surface area contributed by atoms with Crippen molar-refractivity contribution in [1.82, 2.24) is 20.5 Å². The lowest BCUT2D eigenvalue weighted by Crippen LogP contribution is -2.37. The number of aromatic nitrogens is 3. The number of nitrogens with zero attached hydrogens (tertiary/aromatic N) is 2. The molecule has 0 fully saturated rings. The third kappa shape index (κ3) is 7.64. The lowest BCUT2D eigenvalue weighted by Gasteiger charge is -2.18. The summed E-state index contributed by atoms with van der Waals surface area (Å²) >= 11 is 0.988. The highest BCUT2D eigenvalue weighted by atomic mass is 32.1. The van der Waals surface area contributed by atoms with E-state index in [0.29, 0.717) is 41.5 Å². The first kappa shape index (κ1) is 27.7. The molecule has 5 aromatic rings. The molecule has 1 unspecified atom stereocenters. The highest BCUT2D eigenvalue weighted by molar-refractivity contribution is 7.08. The molecule has 0 bridgehead atoms. The number of H-pyrrole nitrogens is 1. The second kappa shape index (κ2) is 13.0. The molecule has 2 heterocycles. The van der Waals surface area contributed by atoms with Gasteiger partial charge in [-0.25, -0.2) is 5.10 Å². The van der Waals surface area contributed by atoms with Crippen molar-refractivity contribution >= 4 is 39.7 Å². The minimum atomic E-state index is -0.401. The van der Waals surface area contributed by atoms with E-state index in [1.165, 1.54) is 0 Å². The van der Waals surface area contributed by atoms with Crippen LogP contribution in [-0.4, -0.2) is 33.0 Å². The predicted octanol–water partition coefficient (Wildman–Crippen LogP) is 5.03. The zero-order chi connectivity index (χ0) is 28.6. The molecule has 208 valence electrons. The van der Waals surface area contributed by atoms with Gasteiger partial charge in [-0.1, -0.05) is 47.7 Å². The van der Waals surface area contributed by atoms with Crippen LogP contribution < -0.4 is 20.2 Å². The molecule has 3 aromatic carbocycles. The fraction of sp³-hybridized carbons (Fsp3) is 0.194. The Morgan fingerprint density at radius 2 is 1.76 bits per heavy atom. The van der Waals surface area contributed by atoms with Gasteiger partial charge in [0.05, 0.1) is 5.52 Å². The summed E-state index contributed by atoms with van der Waals surface area (Å²) in [7, 11) is 0. The van der Waals surface area contributed by atoms with Crippen LogP contribution in [0.1, 0.15) is 39.5 Å². The van der Waals surface area contributed by atoms with Crippen molar-refractivity contribution in [3.8, 4) is 5.75 Å². The number of carbonyl (C=O) groups is 2. The van der Waals surface area contributed by atoms with Gasteiger partial charge >= 0.3 is 4.87 Å². The number of ether oxygens (including phenoxy) is 1. The summed E-state index contributed by atoms with van der Waals surface area (Å²) in [5.41, 5.74) is 4.04. The summed E-state index contributed by atoms with van der Waals surface area (Å²) in [4.78, 5) is 41.5. The Balaban J connectivity index is 1.21. The van der Waals surface area contributed by atoms with Gasteiger partial charge in [0, 0.05) is 46.8 Å². The van der Waals surface area contributed by atoms with Crippen LogP contribution in [0.25, 0.3) is 10.9 Å². The largest absolute Gasteiger partial charge is 0.489 e. The van der Waals surface area contributed by atoms with Gasteiger partial charge in [-0.3, -0.25) is 19.4 Å². The van der Waals surface area contributed by atoms with Crippen molar-refractivity contribution in [2.75, 3.05) is 5.32 Å². The summed E-state index contributed by atoms with van der Waals surface area (Å²) < 4.78 is 6.02. The first-order chi connectivity index (χ1) is 19.9. The van der Waals surface area contributed by atoms with Gasteiger partial charge in [-0.2, -0.15) is 5.10 Å². The van der Waals surface area contributed by atoms with Gasteiger partial charge in [0.2, 0.25) is 5.91 Å². The van der Waals surface area contributed by atoms with Crippen LogP contribution in [0.2, 0.25) is 0 Å². The van der Waals surface area contributed by atoms with Gasteiger partial charge < -0.3 is 15.4 Å². The number of carbonyl (C=O) groups excluding carboxylic acids is 2. The second-order valence-electron chi connectivity index (χ2n) is 9.59. The van der Waals surface area contributed by atoms with Gasteiger partial charge in [-0.05, 0) is 61.9 Å². The first-order valence-corrected chi connectivity index (χ1v) is 14.0. The van der Waals surface area contributed by atoms with Crippen molar-refractivity contribution in [3.05, 3.63) is 116 Å². The Hall–Kier alpha value is -4.83. The highest BCUT2D eigenvalue weighted by Gasteiger charge is 2.18. The first-order valence-electron chi connectivity index (χ1n) is 13.2. The number of amides is 2. The topological polar surface area (TPSA) is 126 Å². The third-order valence-electron chi connectivity index (χ3n) is 6.46. The quantitative estimate of drug-likeness (QED) is 0.206. The summed E-state index contributed by atoms with van der Waals surface area (Å²) in [6.45, 7) is 2.33. The van der Waals surface area contributed by atoms with Gasteiger partial charge in [0.25, 0.3) is 5.91 Å². The molecule has 0 saturated heterocycles. The van der Waals surface area contributed by atoms with E-state index in [1.54, 1.807) is 24.3 Å². The van der Waals surface area contributed by atoms with Crippen LogP contribution in [0.5, 0.6) is 5.75 Å². The number of aromatic amines is 1. The SMILES string of the molecule is Cc1cc(COc2ccc(C(=O)NC(CCC(=O)Nc3ccccc3)Cc3n[nH]c(=O)s3)cc2)c2ccccc2n1. The van der Waals surface area contributed by atoms with E-state index in [9.17, 15) is 14.4 Å². The highest BCUT2D eigenvalue weighted by Crippen LogP contribution is 2.21. The fourth-order valence-electron chi connectivity index (χ4n) is 4.48. The molecule has 5 rings (SSSR count). The summed E-state index contributed by atoms with van der Waals surface area (Å²) in [6, 6.07) is 25.7. The third-order valence-corrected chi connectivity index (χ3v) is 7.23. The molecular formula is C31H29N5O4S. The van der Waals surface area contributed by atoms with Crippen LogP contribution in [0.4, 0.5) is 5.69 Å². The Bertz CT molecular complexity index is 1700. The Labute approximate surface area is 240 Å². The molecule has 0 aliphatic heterocycles. The van der Waals surface area contributed by atoms with Crippen molar-refractivity contribution < 1.29 is 14.3 Å². The number of para-hydroxylation sites is 2. The van der Waals surface area contributed by atoms with Crippen LogP contribution in [0.3, 0.4) is 0 Å². The maximum Gasteiger partial charge on any atom is 0.322 e. The molecule has 0 radical (unpaired) electrons. The molecule has 0 aliphatic carbocycles. The molecule has 2 amide bonds. The summed E-state index contributed by atoms with van der Waals surface area (Å²) in [5.74, 6) is 0.184. The van der Waals surface area contributed by atoms with Crippen molar-refractivity contribution in [2.24, 2.45) is 0 Å². The van der Waals surface area contributed by atoms with Gasteiger partial charge in [-0.15, -0.1) is 0 Å². The lowest BCUT2D eigenvalue weighted by molar-refractivity contribution is -0.116. The number of benzene rings is 3.